The Morgan fingerprint density at radius 3 is 2.44 bits per heavy atom. The third-order valence-electron chi connectivity index (χ3n) is 2.99. The number of nitrogens with zero attached hydrogens (tertiary/aromatic N) is 1. The predicted octanol–water partition coefficient (Wildman–Crippen LogP) is 3.85. The average Bonchev–Trinajstić information content (AvgIpc) is 2.86. The van der Waals surface area contributed by atoms with Crippen LogP contribution in [0.5, 0.6) is 0 Å². The molecule has 1 amide bonds. The molecule has 0 atom stereocenters. The summed E-state index contributed by atoms with van der Waals surface area (Å²) < 4.78 is 0. The molecule has 1 aromatic rings. The van der Waals surface area contributed by atoms with E-state index in [1.54, 1.807) is 11.8 Å². The van der Waals surface area contributed by atoms with Gasteiger partial charge in [0.15, 0.2) is 0 Å². The Morgan fingerprint density at radius 2 is 1.83 bits per heavy atom. The number of hydrogen-bond donors (Lipinski definition) is 0. The van der Waals surface area contributed by atoms with Gasteiger partial charge in [0.2, 0.25) is 5.91 Å². The number of thioether (sulfide) groups is 1. The number of benzene rings is 1. The summed E-state index contributed by atoms with van der Waals surface area (Å²) in [6, 6.07) is 5.48. The summed E-state index contributed by atoms with van der Waals surface area (Å²) in [4.78, 5) is 13.8. The van der Waals surface area contributed by atoms with Gasteiger partial charge in [-0.2, -0.15) is 0 Å². The fourth-order valence-electron chi connectivity index (χ4n) is 1.97. The molecule has 0 radical (unpaired) electrons. The number of amides is 1. The van der Waals surface area contributed by atoms with Crippen LogP contribution in [0.2, 0.25) is 10.0 Å². The highest BCUT2D eigenvalue weighted by Gasteiger charge is 2.17. The predicted molar refractivity (Wildman–Crippen MR) is 78.4 cm³/mol. The van der Waals surface area contributed by atoms with Gasteiger partial charge < -0.3 is 4.90 Å². The fourth-order valence-corrected chi connectivity index (χ4v) is 3.63. The standard InChI is InChI=1S/C13H15Cl2NOS/c14-11-4-3-5-12(15)10(11)8-18-9-13(17)16-6-1-2-7-16/h3-5H,1-2,6-9H2. The van der Waals surface area contributed by atoms with Gasteiger partial charge in [-0.1, -0.05) is 29.3 Å². The van der Waals surface area contributed by atoms with Gasteiger partial charge in [0.25, 0.3) is 0 Å². The number of rotatable bonds is 4. The van der Waals surface area contributed by atoms with E-state index in [0.29, 0.717) is 21.6 Å². The summed E-state index contributed by atoms with van der Waals surface area (Å²) in [5.41, 5.74) is 0.917. The molecule has 1 aliphatic rings. The summed E-state index contributed by atoms with van der Waals surface area (Å²) in [6.45, 7) is 1.82. The van der Waals surface area contributed by atoms with Crippen LogP contribution in [0, 0.1) is 0 Å². The molecule has 0 unspecified atom stereocenters. The molecule has 0 N–H and O–H groups in total. The zero-order valence-corrected chi connectivity index (χ0v) is 12.3. The number of likely N-dealkylation sites (tertiary alicyclic amines) is 1. The van der Waals surface area contributed by atoms with Crippen LogP contribution in [0.1, 0.15) is 18.4 Å². The minimum Gasteiger partial charge on any atom is -0.342 e. The maximum Gasteiger partial charge on any atom is 0.232 e. The molecule has 0 saturated carbocycles. The van der Waals surface area contributed by atoms with Gasteiger partial charge in [-0.15, -0.1) is 11.8 Å². The lowest BCUT2D eigenvalue weighted by atomic mass is 10.2. The van der Waals surface area contributed by atoms with Crippen molar-refractivity contribution in [3.63, 3.8) is 0 Å². The van der Waals surface area contributed by atoms with Crippen molar-refractivity contribution >= 4 is 40.9 Å². The maximum absolute atomic E-state index is 11.8. The smallest absolute Gasteiger partial charge is 0.232 e. The molecule has 0 bridgehead atoms. The van der Waals surface area contributed by atoms with E-state index in [4.69, 9.17) is 23.2 Å². The molecule has 18 heavy (non-hydrogen) atoms. The number of hydrogen-bond acceptors (Lipinski definition) is 2. The second-order valence-electron chi connectivity index (χ2n) is 4.28. The zero-order valence-electron chi connectivity index (χ0n) is 9.99. The lowest BCUT2D eigenvalue weighted by Crippen LogP contribution is -2.29. The number of halogens is 2. The van der Waals surface area contributed by atoms with Crippen molar-refractivity contribution in [1.82, 2.24) is 4.90 Å². The van der Waals surface area contributed by atoms with Crippen LogP contribution >= 0.6 is 35.0 Å². The Balaban J connectivity index is 1.83. The van der Waals surface area contributed by atoms with E-state index in [-0.39, 0.29) is 5.91 Å². The summed E-state index contributed by atoms with van der Waals surface area (Å²) in [5, 5.41) is 1.34. The molecule has 0 spiro atoms. The topological polar surface area (TPSA) is 20.3 Å². The lowest BCUT2D eigenvalue weighted by molar-refractivity contribution is -0.127. The molecule has 0 aliphatic carbocycles. The molecule has 5 heteroatoms. The van der Waals surface area contributed by atoms with Gasteiger partial charge >= 0.3 is 0 Å². The van der Waals surface area contributed by atoms with Crippen molar-refractivity contribution < 1.29 is 4.79 Å². The van der Waals surface area contributed by atoms with Gasteiger partial charge in [-0.3, -0.25) is 4.79 Å². The highest BCUT2D eigenvalue weighted by molar-refractivity contribution is 7.99. The van der Waals surface area contributed by atoms with Crippen molar-refractivity contribution in [2.75, 3.05) is 18.8 Å². The molecule has 2 nitrogen and oxygen atoms in total. The Bertz CT molecular complexity index is 413. The van der Waals surface area contributed by atoms with Gasteiger partial charge in [0, 0.05) is 28.9 Å². The van der Waals surface area contributed by atoms with E-state index in [0.717, 1.165) is 31.5 Å². The summed E-state index contributed by atoms with van der Waals surface area (Å²) >= 11 is 13.7. The first-order chi connectivity index (χ1) is 8.68. The van der Waals surface area contributed by atoms with Gasteiger partial charge in [0.1, 0.15) is 0 Å². The second-order valence-corrected chi connectivity index (χ2v) is 6.08. The first-order valence-corrected chi connectivity index (χ1v) is 7.88. The number of carbonyl (C=O) groups excluding carboxylic acids is 1. The van der Waals surface area contributed by atoms with Crippen LogP contribution < -0.4 is 0 Å². The summed E-state index contributed by atoms with van der Waals surface area (Å²) in [7, 11) is 0. The van der Waals surface area contributed by atoms with Crippen molar-refractivity contribution in [3.05, 3.63) is 33.8 Å². The van der Waals surface area contributed by atoms with Crippen molar-refractivity contribution in [3.8, 4) is 0 Å². The largest absolute Gasteiger partial charge is 0.342 e. The van der Waals surface area contributed by atoms with Crippen LogP contribution in [0.15, 0.2) is 18.2 Å². The Morgan fingerprint density at radius 1 is 1.22 bits per heavy atom. The van der Waals surface area contributed by atoms with E-state index < -0.39 is 0 Å². The van der Waals surface area contributed by atoms with Crippen molar-refractivity contribution in [2.24, 2.45) is 0 Å². The maximum atomic E-state index is 11.8. The summed E-state index contributed by atoms with van der Waals surface area (Å²) in [5.74, 6) is 1.40. The average molecular weight is 304 g/mol. The van der Waals surface area contributed by atoms with Crippen LogP contribution in [0.25, 0.3) is 0 Å². The zero-order chi connectivity index (χ0) is 13.0. The number of carbonyl (C=O) groups is 1. The first kappa shape index (κ1) is 14.0. The molecular weight excluding hydrogens is 289 g/mol. The molecule has 1 heterocycles. The molecular formula is C13H15Cl2NOS. The van der Waals surface area contributed by atoms with Gasteiger partial charge in [0.05, 0.1) is 5.75 Å². The van der Waals surface area contributed by atoms with E-state index in [1.807, 2.05) is 23.1 Å². The SMILES string of the molecule is O=C(CSCc1c(Cl)cccc1Cl)N1CCCC1. The van der Waals surface area contributed by atoms with Crippen LogP contribution in [-0.4, -0.2) is 29.6 Å². The monoisotopic (exact) mass is 303 g/mol. The van der Waals surface area contributed by atoms with Gasteiger partial charge in [-0.25, -0.2) is 0 Å². The molecule has 1 saturated heterocycles. The lowest BCUT2D eigenvalue weighted by Gasteiger charge is -2.15. The Hall–Kier alpha value is -0.380. The first-order valence-electron chi connectivity index (χ1n) is 5.97. The molecule has 0 aromatic heterocycles. The van der Waals surface area contributed by atoms with E-state index in [9.17, 15) is 4.79 Å². The molecule has 1 fully saturated rings. The third kappa shape index (κ3) is 3.56. The Labute approximate surface area is 122 Å². The quantitative estimate of drug-likeness (QED) is 0.842. The molecule has 98 valence electrons. The Kier molecular flexibility index (Phi) is 5.22. The van der Waals surface area contributed by atoms with Crippen LogP contribution in [-0.2, 0) is 10.5 Å². The van der Waals surface area contributed by atoms with Crippen molar-refractivity contribution in [2.45, 2.75) is 18.6 Å². The minimum absolute atomic E-state index is 0.223. The summed E-state index contributed by atoms with van der Waals surface area (Å²) in [6.07, 6.45) is 2.26. The van der Waals surface area contributed by atoms with E-state index in [1.165, 1.54) is 0 Å². The molecule has 1 aromatic carbocycles. The van der Waals surface area contributed by atoms with Crippen molar-refractivity contribution in [1.29, 1.82) is 0 Å². The minimum atomic E-state index is 0.223. The van der Waals surface area contributed by atoms with E-state index in [2.05, 4.69) is 0 Å². The van der Waals surface area contributed by atoms with Gasteiger partial charge in [-0.05, 0) is 30.5 Å². The van der Waals surface area contributed by atoms with E-state index >= 15 is 0 Å². The molecule has 1 aliphatic heterocycles. The highest BCUT2D eigenvalue weighted by atomic mass is 35.5. The van der Waals surface area contributed by atoms with Crippen LogP contribution in [0.3, 0.4) is 0 Å². The fraction of sp³-hybridized carbons (Fsp3) is 0.462. The van der Waals surface area contributed by atoms with Crippen LogP contribution in [0.4, 0.5) is 0 Å². The highest BCUT2D eigenvalue weighted by Crippen LogP contribution is 2.28. The third-order valence-corrected chi connectivity index (χ3v) is 4.64. The normalized spacial score (nSPS) is 15.1. The second kappa shape index (κ2) is 6.69. The molecule has 2 rings (SSSR count).